The third kappa shape index (κ3) is 4.76. The molecule has 0 spiro atoms. The van der Waals surface area contributed by atoms with E-state index in [9.17, 15) is 9.59 Å². The molecule has 0 aliphatic rings. The molecule has 0 heterocycles. The number of carbonyl (C=O) groups excluding carboxylic acids is 1. The molecule has 0 aliphatic carbocycles. The summed E-state index contributed by atoms with van der Waals surface area (Å²) in [6.45, 7) is 2.47. The smallest absolute Gasteiger partial charge is 0.414 e. The van der Waals surface area contributed by atoms with E-state index in [0.717, 1.165) is 16.7 Å². The van der Waals surface area contributed by atoms with Crippen LogP contribution in [0.1, 0.15) is 27.0 Å². The molecule has 3 aromatic carbocycles. The minimum atomic E-state index is -1.01. The number of hydrogen-bond acceptors (Lipinski definition) is 3. The van der Waals surface area contributed by atoms with E-state index < -0.39 is 12.1 Å². The maximum Gasteiger partial charge on any atom is 0.414 e. The van der Waals surface area contributed by atoms with E-state index in [4.69, 9.17) is 9.84 Å². The number of anilines is 1. The van der Waals surface area contributed by atoms with Crippen molar-refractivity contribution in [2.75, 3.05) is 4.90 Å². The summed E-state index contributed by atoms with van der Waals surface area (Å²) in [7, 11) is 0. The van der Waals surface area contributed by atoms with Crippen molar-refractivity contribution in [3.05, 3.63) is 101 Å². The molecule has 0 fully saturated rings. The first-order chi connectivity index (χ1) is 13.5. The van der Waals surface area contributed by atoms with E-state index in [-0.39, 0.29) is 12.2 Å². The Morgan fingerprint density at radius 1 is 0.893 bits per heavy atom. The lowest BCUT2D eigenvalue weighted by atomic mass is 10.1. The number of aromatic carboxylic acids is 1. The number of nitrogens with zero attached hydrogens (tertiary/aromatic N) is 1. The van der Waals surface area contributed by atoms with Gasteiger partial charge in [-0.25, -0.2) is 9.59 Å². The van der Waals surface area contributed by atoms with Gasteiger partial charge < -0.3 is 9.84 Å². The summed E-state index contributed by atoms with van der Waals surface area (Å²) in [5, 5.41) is 9.10. The maximum absolute atomic E-state index is 12.8. The van der Waals surface area contributed by atoms with Crippen LogP contribution >= 0.6 is 0 Å². The lowest BCUT2D eigenvalue weighted by Gasteiger charge is -2.23. The van der Waals surface area contributed by atoms with Gasteiger partial charge in [0.05, 0.1) is 12.1 Å². The Balaban J connectivity index is 1.83. The summed E-state index contributed by atoms with van der Waals surface area (Å²) in [5.74, 6) is -1.01. The third-order valence-electron chi connectivity index (χ3n) is 4.44. The number of amides is 1. The van der Waals surface area contributed by atoms with E-state index in [1.807, 2.05) is 61.5 Å². The van der Waals surface area contributed by atoms with Crippen molar-refractivity contribution >= 4 is 17.7 Å². The van der Waals surface area contributed by atoms with Crippen molar-refractivity contribution in [3.63, 3.8) is 0 Å². The van der Waals surface area contributed by atoms with Gasteiger partial charge >= 0.3 is 12.1 Å². The summed E-state index contributed by atoms with van der Waals surface area (Å²) in [6, 6.07) is 23.5. The maximum atomic E-state index is 12.8. The van der Waals surface area contributed by atoms with Gasteiger partial charge in [0.1, 0.15) is 6.61 Å². The molecule has 0 saturated carbocycles. The number of benzene rings is 3. The van der Waals surface area contributed by atoms with E-state index in [1.54, 1.807) is 12.1 Å². The first-order valence-corrected chi connectivity index (χ1v) is 8.90. The zero-order valence-corrected chi connectivity index (χ0v) is 15.5. The van der Waals surface area contributed by atoms with Crippen LogP contribution < -0.4 is 4.90 Å². The molecule has 5 nitrogen and oxygen atoms in total. The monoisotopic (exact) mass is 375 g/mol. The highest BCUT2D eigenvalue weighted by Gasteiger charge is 2.19. The lowest BCUT2D eigenvalue weighted by molar-refractivity contribution is 0.0697. The van der Waals surface area contributed by atoms with Crippen LogP contribution in [0.25, 0.3) is 0 Å². The molecule has 1 amide bonds. The zero-order valence-electron chi connectivity index (χ0n) is 15.5. The SMILES string of the molecule is Cc1ccccc1CN(C(=O)OCc1ccccc1)c1ccc(C(=O)O)cc1. The fourth-order valence-electron chi connectivity index (χ4n) is 2.80. The van der Waals surface area contributed by atoms with Gasteiger partial charge in [0, 0.05) is 5.69 Å². The number of ether oxygens (including phenoxy) is 1. The van der Waals surface area contributed by atoms with Gasteiger partial charge in [-0.05, 0) is 47.9 Å². The molecule has 0 radical (unpaired) electrons. The van der Waals surface area contributed by atoms with Crippen LogP contribution in [-0.2, 0) is 17.9 Å². The topological polar surface area (TPSA) is 66.8 Å². The van der Waals surface area contributed by atoms with Crippen molar-refractivity contribution in [1.82, 2.24) is 0 Å². The molecular formula is C23H21NO4. The normalized spacial score (nSPS) is 10.3. The molecule has 3 aromatic rings. The number of carboxylic acids is 1. The van der Waals surface area contributed by atoms with Crippen molar-refractivity contribution in [3.8, 4) is 0 Å². The van der Waals surface area contributed by atoms with Crippen LogP contribution in [0.15, 0.2) is 78.9 Å². The number of aryl methyl sites for hydroxylation is 1. The predicted molar refractivity (Wildman–Crippen MR) is 107 cm³/mol. The largest absolute Gasteiger partial charge is 0.478 e. The average Bonchev–Trinajstić information content (AvgIpc) is 2.72. The van der Waals surface area contributed by atoms with E-state index in [1.165, 1.54) is 17.0 Å². The van der Waals surface area contributed by atoms with Crippen LogP contribution in [0.4, 0.5) is 10.5 Å². The van der Waals surface area contributed by atoms with Crippen molar-refractivity contribution in [1.29, 1.82) is 0 Å². The first kappa shape index (κ1) is 19.2. The quantitative estimate of drug-likeness (QED) is 0.656. The Morgan fingerprint density at radius 3 is 2.18 bits per heavy atom. The van der Waals surface area contributed by atoms with Crippen LogP contribution in [0.3, 0.4) is 0 Å². The summed E-state index contributed by atoms with van der Waals surface area (Å²) in [5.41, 5.74) is 3.68. The Kier molecular flexibility index (Phi) is 6.07. The van der Waals surface area contributed by atoms with Gasteiger partial charge in [0.2, 0.25) is 0 Å². The first-order valence-electron chi connectivity index (χ1n) is 8.90. The summed E-state index contributed by atoms with van der Waals surface area (Å²) < 4.78 is 5.51. The Hall–Kier alpha value is -3.60. The number of rotatable bonds is 6. The van der Waals surface area contributed by atoms with Gasteiger partial charge in [-0.2, -0.15) is 0 Å². The van der Waals surface area contributed by atoms with Crippen LogP contribution in [0.5, 0.6) is 0 Å². The third-order valence-corrected chi connectivity index (χ3v) is 4.44. The second-order valence-corrected chi connectivity index (χ2v) is 6.40. The molecule has 0 atom stereocenters. The Morgan fingerprint density at radius 2 is 1.54 bits per heavy atom. The molecule has 0 aliphatic heterocycles. The summed E-state index contributed by atoms with van der Waals surface area (Å²) >= 11 is 0. The minimum absolute atomic E-state index is 0.164. The highest BCUT2D eigenvalue weighted by molar-refractivity contribution is 5.91. The molecule has 0 aromatic heterocycles. The Bertz CT molecular complexity index is 952. The van der Waals surface area contributed by atoms with Crippen LogP contribution in [-0.4, -0.2) is 17.2 Å². The number of hydrogen-bond donors (Lipinski definition) is 1. The summed E-state index contributed by atoms with van der Waals surface area (Å²) in [4.78, 5) is 25.5. The molecule has 0 unspecified atom stereocenters. The molecule has 5 heteroatoms. The van der Waals surface area contributed by atoms with Crippen LogP contribution in [0.2, 0.25) is 0 Å². The number of carbonyl (C=O) groups is 2. The molecular weight excluding hydrogens is 354 g/mol. The van der Waals surface area contributed by atoms with E-state index >= 15 is 0 Å². The molecule has 28 heavy (non-hydrogen) atoms. The highest BCUT2D eigenvalue weighted by Crippen LogP contribution is 2.21. The summed E-state index contributed by atoms with van der Waals surface area (Å²) in [6.07, 6.45) is -0.491. The average molecular weight is 375 g/mol. The van der Waals surface area contributed by atoms with Gasteiger partial charge in [-0.3, -0.25) is 4.90 Å². The van der Waals surface area contributed by atoms with Gasteiger partial charge in [-0.15, -0.1) is 0 Å². The fraction of sp³-hybridized carbons (Fsp3) is 0.130. The molecule has 0 bridgehead atoms. The highest BCUT2D eigenvalue weighted by atomic mass is 16.6. The van der Waals surface area contributed by atoms with Crippen LogP contribution in [0, 0.1) is 6.92 Å². The van der Waals surface area contributed by atoms with E-state index in [0.29, 0.717) is 12.2 Å². The second-order valence-electron chi connectivity index (χ2n) is 6.40. The van der Waals surface area contributed by atoms with Gasteiger partial charge in [0.25, 0.3) is 0 Å². The van der Waals surface area contributed by atoms with Crippen molar-refractivity contribution < 1.29 is 19.4 Å². The standard InChI is InChI=1S/C23H21NO4/c1-17-7-5-6-10-20(17)15-24(21-13-11-19(12-14-21)22(25)26)23(27)28-16-18-8-3-2-4-9-18/h2-14H,15-16H2,1H3,(H,25,26). The minimum Gasteiger partial charge on any atom is -0.478 e. The van der Waals surface area contributed by atoms with Gasteiger partial charge in [-0.1, -0.05) is 54.6 Å². The molecule has 3 rings (SSSR count). The molecule has 142 valence electrons. The van der Waals surface area contributed by atoms with Crippen molar-refractivity contribution in [2.24, 2.45) is 0 Å². The van der Waals surface area contributed by atoms with Gasteiger partial charge in [0.15, 0.2) is 0 Å². The fourth-order valence-corrected chi connectivity index (χ4v) is 2.80. The molecule has 1 N–H and O–H groups in total. The lowest BCUT2D eigenvalue weighted by Crippen LogP contribution is -2.31. The Labute approximate surface area is 163 Å². The molecule has 0 saturated heterocycles. The zero-order chi connectivity index (χ0) is 19.9. The van der Waals surface area contributed by atoms with Crippen molar-refractivity contribution in [2.45, 2.75) is 20.1 Å². The number of carboxylic acid groups (broad SMARTS) is 1. The van der Waals surface area contributed by atoms with E-state index in [2.05, 4.69) is 0 Å². The predicted octanol–water partition coefficient (Wildman–Crippen LogP) is 5.04. The second kappa shape index (κ2) is 8.86.